The first kappa shape index (κ1) is 14.9. The van der Waals surface area contributed by atoms with Gasteiger partial charge in [0.2, 0.25) is 5.91 Å². The largest absolute Gasteiger partial charge is 0.491 e. The van der Waals surface area contributed by atoms with E-state index in [1.165, 1.54) is 0 Å². The number of nitrogens with one attached hydrogen (secondary N) is 1. The van der Waals surface area contributed by atoms with E-state index in [1.807, 2.05) is 43.0 Å². The lowest BCUT2D eigenvalue weighted by Crippen LogP contribution is -2.51. The number of para-hydroxylation sites is 1. The van der Waals surface area contributed by atoms with Gasteiger partial charge in [0.05, 0.1) is 12.5 Å². The van der Waals surface area contributed by atoms with E-state index in [0.717, 1.165) is 30.9 Å². The van der Waals surface area contributed by atoms with Gasteiger partial charge in [-0.3, -0.25) is 4.79 Å². The fourth-order valence-electron chi connectivity index (χ4n) is 2.45. The molecule has 1 fully saturated rings. The average Bonchev–Trinajstić information content (AvgIpc) is 2.40. The number of amides is 1. The zero-order valence-electron chi connectivity index (χ0n) is 12.6. The molecule has 1 aliphatic rings. The van der Waals surface area contributed by atoms with Crippen molar-refractivity contribution in [1.82, 2.24) is 10.2 Å². The molecule has 0 saturated carbocycles. The summed E-state index contributed by atoms with van der Waals surface area (Å²) < 4.78 is 5.77. The SMILES string of the molecule is CC1CN(C(=O)Cc2ccccc2OC(C)C)CCN1. The molecule has 0 bridgehead atoms. The predicted octanol–water partition coefficient (Wildman–Crippen LogP) is 1.84. The van der Waals surface area contributed by atoms with Crippen LogP contribution >= 0.6 is 0 Å². The summed E-state index contributed by atoms with van der Waals surface area (Å²) in [6, 6.07) is 8.17. The predicted molar refractivity (Wildman–Crippen MR) is 80.0 cm³/mol. The van der Waals surface area contributed by atoms with Crippen molar-refractivity contribution in [2.24, 2.45) is 0 Å². The summed E-state index contributed by atoms with van der Waals surface area (Å²) in [5.41, 5.74) is 0.970. The molecular weight excluding hydrogens is 252 g/mol. The van der Waals surface area contributed by atoms with Crippen molar-refractivity contribution in [3.8, 4) is 5.75 Å². The van der Waals surface area contributed by atoms with Crippen LogP contribution in [0.25, 0.3) is 0 Å². The molecule has 1 N–H and O–H groups in total. The van der Waals surface area contributed by atoms with Gasteiger partial charge in [-0.15, -0.1) is 0 Å². The molecule has 4 heteroatoms. The topological polar surface area (TPSA) is 41.6 Å². The summed E-state index contributed by atoms with van der Waals surface area (Å²) in [6.07, 6.45) is 0.528. The number of nitrogens with zero attached hydrogens (tertiary/aromatic N) is 1. The quantitative estimate of drug-likeness (QED) is 0.912. The van der Waals surface area contributed by atoms with Gasteiger partial charge in [0.15, 0.2) is 0 Å². The number of ether oxygens (including phenoxy) is 1. The third-order valence-corrected chi connectivity index (χ3v) is 3.40. The van der Waals surface area contributed by atoms with E-state index in [-0.39, 0.29) is 12.0 Å². The molecule has 1 heterocycles. The molecule has 1 unspecified atom stereocenters. The average molecular weight is 276 g/mol. The second-order valence-electron chi connectivity index (χ2n) is 5.65. The van der Waals surface area contributed by atoms with Gasteiger partial charge in [-0.2, -0.15) is 0 Å². The maximum atomic E-state index is 12.4. The highest BCUT2D eigenvalue weighted by Crippen LogP contribution is 2.20. The Morgan fingerprint density at radius 3 is 2.90 bits per heavy atom. The second-order valence-corrected chi connectivity index (χ2v) is 5.65. The van der Waals surface area contributed by atoms with Crippen LogP contribution < -0.4 is 10.1 Å². The summed E-state index contributed by atoms with van der Waals surface area (Å²) in [5.74, 6) is 0.997. The molecule has 1 aromatic carbocycles. The molecule has 2 rings (SSSR count). The molecule has 0 radical (unpaired) electrons. The summed E-state index contributed by atoms with van der Waals surface area (Å²) in [6.45, 7) is 8.54. The Morgan fingerprint density at radius 2 is 2.20 bits per heavy atom. The van der Waals surface area contributed by atoms with Crippen LogP contribution in [0, 0.1) is 0 Å². The maximum Gasteiger partial charge on any atom is 0.227 e. The minimum atomic E-state index is 0.116. The number of carbonyl (C=O) groups excluding carboxylic acids is 1. The lowest BCUT2D eigenvalue weighted by molar-refractivity contribution is -0.131. The van der Waals surface area contributed by atoms with E-state index in [0.29, 0.717) is 12.5 Å². The Balaban J connectivity index is 2.03. The van der Waals surface area contributed by atoms with Crippen LogP contribution in [0.2, 0.25) is 0 Å². The monoisotopic (exact) mass is 276 g/mol. The Labute approximate surface area is 121 Å². The molecule has 1 aromatic rings. The highest BCUT2D eigenvalue weighted by molar-refractivity contribution is 5.79. The fraction of sp³-hybridized carbons (Fsp3) is 0.562. The van der Waals surface area contributed by atoms with Crippen molar-refractivity contribution in [2.45, 2.75) is 39.3 Å². The van der Waals surface area contributed by atoms with Crippen molar-refractivity contribution in [3.05, 3.63) is 29.8 Å². The van der Waals surface area contributed by atoms with Gasteiger partial charge >= 0.3 is 0 Å². The summed E-state index contributed by atoms with van der Waals surface area (Å²) in [5, 5.41) is 3.35. The summed E-state index contributed by atoms with van der Waals surface area (Å²) in [7, 11) is 0. The van der Waals surface area contributed by atoms with Gasteiger partial charge in [-0.25, -0.2) is 0 Å². The second kappa shape index (κ2) is 6.75. The van der Waals surface area contributed by atoms with Crippen molar-refractivity contribution in [3.63, 3.8) is 0 Å². The van der Waals surface area contributed by atoms with E-state index >= 15 is 0 Å². The van der Waals surface area contributed by atoms with Crippen molar-refractivity contribution < 1.29 is 9.53 Å². The number of hydrogen-bond donors (Lipinski definition) is 1. The lowest BCUT2D eigenvalue weighted by Gasteiger charge is -2.32. The Hall–Kier alpha value is -1.55. The first-order valence-corrected chi connectivity index (χ1v) is 7.32. The third-order valence-electron chi connectivity index (χ3n) is 3.40. The van der Waals surface area contributed by atoms with Gasteiger partial charge in [-0.1, -0.05) is 18.2 Å². The number of benzene rings is 1. The standard InChI is InChI=1S/C16H24N2O2/c1-12(2)20-15-7-5-4-6-14(15)10-16(19)18-9-8-17-13(3)11-18/h4-7,12-13,17H,8-11H2,1-3H3. The Bertz CT molecular complexity index is 460. The van der Waals surface area contributed by atoms with E-state index in [1.54, 1.807) is 0 Å². The molecule has 0 spiro atoms. The van der Waals surface area contributed by atoms with Crippen molar-refractivity contribution in [2.75, 3.05) is 19.6 Å². The van der Waals surface area contributed by atoms with Gasteiger partial charge < -0.3 is 15.0 Å². The lowest BCUT2D eigenvalue weighted by atomic mass is 10.1. The van der Waals surface area contributed by atoms with E-state index < -0.39 is 0 Å². The van der Waals surface area contributed by atoms with E-state index in [4.69, 9.17) is 4.74 Å². The van der Waals surface area contributed by atoms with Gasteiger partial charge in [0.1, 0.15) is 5.75 Å². The van der Waals surface area contributed by atoms with Crippen LogP contribution in [0.15, 0.2) is 24.3 Å². The summed E-state index contributed by atoms with van der Waals surface area (Å²) in [4.78, 5) is 14.3. The number of hydrogen-bond acceptors (Lipinski definition) is 3. The van der Waals surface area contributed by atoms with Crippen LogP contribution in [0.3, 0.4) is 0 Å². The molecule has 1 amide bonds. The van der Waals surface area contributed by atoms with Gasteiger partial charge in [0, 0.05) is 31.2 Å². The Kier molecular flexibility index (Phi) is 5.01. The van der Waals surface area contributed by atoms with Crippen LogP contribution in [-0.4, -0.2) is 42.6 Å². The number of piperazine rings is 1. The van der Waals surface area contributed by atoms with Crippen LogP contribution in [-0.2, 0) is 11.2 Å². The molecule has 0 aromatic heterocycles. The van der Waals surface area contributed by atoms with Crippen LogP contribution in [0.1, 0.15) is 26.3 Å². The maximum absolute atomic E-state index is 12.4. The molecule has 1 saturated heterocycles. The zero-order valence-corrected chi connectivity index (χ0v) is 12.6. The van der Waals surface area contributed by atoms with Gasteiger partial charge in [0.25, 0.3) is 0 Å². The fourth-order valence-corrected chi connectivity index (χ4v) is 2.45. The first-order chi connectivity index (χ1) is 9.56. The molecule has 0 aliphatic carbocycles. The molecule has 1 aliphatic heterocycles. The van der Waals surface area contributed by atoms with Crippen molar-refractivity contribution >= 4 is 5.91 Å². The third kappa shape index (κ3) is 3.97. The van der Waals surface area contributed by atoms with Crippen LogP contribution in [0.5, 0.6) is 5.75 Å². The molecule has 1 atom stereocenters. The smallest absolute Gasteiger partial charge is 0.227 e. The first-order valence-electron chi connectivity index (χ1n) is 7.32. The van der Waals surface area contributed by atoms with E-state index in [9.17, 15) is 4.79 Å². The molecule has 110 valence electrons. The minimum absolute atomic E-state index is 0.116. The number of carbonyl (C=O) groups is 1. The van der Waals surface area contributed by atoms with Crippen molar-refractivity contribution in [1.29, 1.82) is 0 Å². The number of rotatable bonds is 4. The zero-order chi connectivity index (χ0) is 14.5. The minimum Gasteiger partial charge on any atom is -0.491 e. The van der Waals surface area contributed by atoms with E-state index in [2.05, 4.69) is 12.2 Å². The highest BCUT2D eigenvalue weighted by atomic mass is 16.5. The molecular formula is C16H24N2O2. The molecule has 4 nitrogen and oxygen atoms in total. The highest BCUT2D eigenvalue weighted by Gasteiger charge is 2.21. The Morgan fingerprint density at radius 1 is 1.45 bits per heavy atom. The van der Waals surface area contributed by atoms with Crippen LogP contribution in [0.4, 0.5) is 0 Å². The normalized spacial score (nSPS) is 19.2. The van der Waals surface area contributed by atoms with Gasteiger partial charge in [-0.05, 0) is 26.8 Å². The summed E-state index contributed by atoms with van der Waals surface area (Å²) >= 11 is 0. The molecule has 20 heavy (non-hydrogen) atoms.